The van der Waals surface area contributed by atoms with Crippen LogP contribution >= 0.6 is 11.3 Å². The maximum absolute atomic E-state index is 12.0. The smallest absolute Gasteiger partial charge is 0.228 e. The number of carbonyl (C=O) groups is 1. The van der Waals surface area contributed by atoms with Crippen LogP contribution in [0.15, 0.2) is 66.3 Å². The minimum atomic E-state index is 0.0425. The Morgan fingerprint density at radius 3 is 2.77 bits per heavy atom. The molecule has 5 aromatic heterocycles. The lowest BCUT2D eigenvalue weighted by Crippen LogP contribution is -2.14. The van der Waals surface area contributed by atoms with Crippen LogP contribution in [0, 0.1) is 5.92 Å². The minimum absolute atomic E-state index is 0.0425. The topological polar surface area (TPSA) is 112 Å². The van der Waals surface area contributed by atoms with Gasteiger partial charge < -0.3 is 10.3 Å². The number of aromatic nitrogens is 6. The summed E-state index contributed by atoms with van der Waals surface area (Å²) in [4.78, 5) is 30.5. The van der Waals surface area contributed by atoms with Crippen LogP contribution in [-0.4, -0.2) is 36.0 Å². The summed E-state index contributed by atoms with van der Waals surface area (Å²) in [5.41, 5.74) is 6.16. The first kappa shape index (κ1) is 20.0. The molecule has 1 amide bonds. The summed E-state index contributed by atoms with van der Waals surface area (Å²) < 4.78 is 0. The van der Waals surface area contributed by atoms with E-state index >= 15 is 0 Å². The maximum Gasteiger partial charge on any atom is 0.228 e. The van der Waals surface area contributed by atoms with Crippen molar-refractivity contribution in [1.82, 2.24) is 30.1 Å². The van der Waals surface area contributed by atoms with E-state index in [4.69, 9.17) is 4.98 Å². The highest BCUT2D eigenvalue weighted by atomic mass is 32.1. The highest BCUT2D eigenvalue weighted by Crippen LogP contribution is 2.34. The number of hydrogen-bond donors (Lipinski definition) is 3. The van der Waals surface area contributed by atoms with Crippen LogP contribution < -0.4 is 5.32 Å². The van der Waals surface area contributed by atoms with Gasteiger partial charge in [0.15, 0.2) is 5.82 Å². The first-order valence-corrected chi connectivity index (χ1v) is 12.3. The van der Waals surface area contributed by atoms with E-state index in [1.807, 2.05) is 36.4 Å². The monoisotopic (exact) mass is 477 g/mol. The molecule has 0 saturated heterocycles. The van der Waals surface area contributed by atoms with Gasteiger partial charge in [0, 0.05) is 33.5 Å². The Morgan fingerprint density at radius 1 is 1.03 bits per heavy atom. The van der Waals surface area contributed by atoms with Crippen molar-refractivity contribution >= 4 is 45.0 Å². The van der Waals surface area contributed by atoms with Gasteiger partial charge in [0.25, 0.3) is 0 Å². The molecule has 6 aromatic rings. The summed E-state index contributed by atoms with van der Waals surface area (Å²) in [6, 6.07) is 16.0. The zero-order valence-electron chi connectivity index (χ0n) is 18.4. The van der Waals surface area contributed by atoms with Gasteiger partial charge in [-0.05, 0) is 48.6 Å². The molecule has 1 saturated carbocycles. The SMILES string of the molecule is O=C(Nc1ccc(-c2cc3c(-c4nc5c(-c6cccs6)cccc5[nH]4)n[nH]c3cn2)cn1)C1CC1. The molecule has 8 nitrogen and oxygen atoms in total. The number of rotatable bonds is 5. The third kappa shape index (κ3) is 3.57. The molecule has 0 bridgehead atoms. The molecule has 170 valence electrons. The lowest BCUT2D eigenvalue weighted by molar-refractivity contribution is -0.117. The Labute approximate surface area is 203 Å². The van der Waals surface area contributed by atoms with Crippen molar-refractivity contribution in [3.05, 3.63) is 66.3 Å². The largest absolute Gasteiger partial charge is 0.337 e. The number of pyridine rings is 2. The summed E-state index contributed by atoms with van der Waals surface area (Å²) in [6.07, 6.45) is 5.41. The number of nitrogens with zero attached hydrogens (tertiary/aromatic N) is 4. The first-order valence-electron chi connectivity index (χ1n) is 11.4. The van der Waals surface area contributed by atoms with E-state index in [9.17, 15) is 4.79 Å². The van der Waals surface area contributed by atoms with E-state index in [1.165, 1.54) is 4.88 Å². The molecule has 3 N–H and O–H groups in total. The molecule has 1 fully saturated rings. The number of benzene rings is 1. The van der Waals surface area contributed by atoms with Gasteiger partial charge in [-0.3, -0.25) is 14.9 Å². The van der Waals surface area contributed by atoms with Crippen molar-refractivity contribution in [2.45, 2.75) is 12.8 Å². The molecule has 0 spiro atoms. The highest BCUT2D eigenvalue weighted by molar-refractivity contribution is 7.13. The Hall–Kier alpha value is -4.37. The predicted octanol–water partition coefficient (Wildman–Crippen LogP) is 5.64. The van der Waals surface area contributed by atoms with Gasteiger partial charge in [0.1, 0.15) is 11.5 Å². The molecule has 1 aliphatic rings. The van der Waals surface area contributed by atoms with Crippen molar-refractivity contribution in [3.63, 3.8) is 0 Å². The molecule has 0 radical (unpaired) electrons. The van der Waals surface area contributed by atoms with E-state index in [1.54, 1.807) is 23.7 Å². The van der Waals surface area contributed by atoms with Crippen LogP contribution in [0.1, 0.15) is 12.8 Å². The third-order valence-corrected chi connectivity index (χ3v) is 7.13. The minimum Gasteiger partial charge on any atom is -0.337 e. The number of H-pyrrole nitrogens is 2. The molecule has 0 atom stereocenters. The number of carbonyl (C=O) groups excluding carboxylic acids is 1. The molecule has 7 rings (SSSR count). The second-order valence-electron chi connectivity index (χ2n) is 8.65. The van der Waals surface area contributed by atoms with Crippen LogP contribution in [0.25, 0.3) is 55.2 Å². The van der Waals surface area contributed by atoms with Gasteiger partial charge in [0.05, 0.1) is 28.4 Å². The fourth-order valence-corrected chi connectivity index (χ4v) is 4.98. The molecule has 0 unspecified atom stereocenters. The van der Waals surface area contributed by atoms with Gasteiger partial charge in [-0.15, -0.1) is 11.3 Å². The van der Waals surface area contributed by atoms with Crippen molar-refractivity contribution in [3.8, 4) is 33.2 Å². The Kier molecular flexibility index (Phi) is 4.49. The number of aromatic amines is 2. The van der Waals surface area contributed by atoms with Crippen molar-refractivity contribution < 1.29 is 4.79 Å². The van der Waals surface area contributed by atoms with Crippen LogP contribution in [0.2, 0.25) is 0 Å². The van der Waals surface area contributed by atoms with Crippen molar-refractivity contribution in [2.24, 2.45) is 5.92 Å². The highest BCUT2D eigenvalue weighted by Gasteiger charge is 2.29. The number of nitrogens with one attached hydrogen (secondary N) is 3. The lowest BCUT2D eigenvalue weighted by atomic mass is 10.1. The zero-order chi connectivity index (χ0) is 23.4. The molecule has 0 aliphatic heterocycles. The average Bonchev–Trinajstić information content (AvgIpc) is 3.26. The van der Waals surface area contributed by atoms with E-state index in [0.717, 1.165) is 57.3 Å². The average molecular weight is 478 g/mol. The number of thiophene rings is 1. The van der Waals surface area contributed by atoms with Crippen LogP contribution in [0.4, 0.5) is 5.82 Å². The quantitative estimate of drug-likeness (QED) is 0.297. The van der Waals surface area contributed by atoms with Gasteiger partial charge in [-0.25, -0.2) is 9.97 Å². The first-order chi connectivity index (χ1) is 17.2. The molecule has 1 aliphatic carbocycles. The molecule has 5 heterocycles. The number of amides is 1. The van der Waals surface area contributed by atoms with E-state index in [2.05, 4.69) is 48.0 Å². The lowest BCUT2D eigenvalue weighted by Gasteiger charge is -2.05. The Bertz CT molecular complexity index is 1700. The summed E-state index contributed by atoms with van der Waals surface area (Å²) in [5, 5.41) is 13.5. The fraction of sp³-hybridized carbons (Fsp3) is 0.115. The molecule has 35 heavy (non-hydrogen) atoms. The summed E-state index contributed by atoms with van der Waals surface area (Å²) in [7, 11) is 0. The van der Waals surface area contributed by atoms with Crippen LogP contribution in [0.5, 0.6) is 0 Å². The van der Waals surface area contributed by atoms with E-state index < -0.39 is 0 Å². The van der Waals surface area contributed by atoms with E-state index in [0.29, 0.717) is 11.6 Å². The molecule has 9 heteroatoms. The molecular weight excluding hydrogens is 458 g/mol. The van der Waals surface area contributed by atoms with Crippen molar-refractivity contribution in [1.29, 1.82) is 0 Å². The predicted molar refractivity (Wildman–Crippen MR) is 137 cm³/mol. The number of anilines is 1. The Balaban J connectivity index is 1.25. The number of fused-ring (bicyclic) bond motifs is 2. The van der Waals surface area contributed by atoms with E-state index in [-0.39, 0.29) is 11.8 Å². The molecular formula is C26H19N7OS. The normalized spacial score (nSPS) is 13.5. The Morgan fingerprint density at radius 2 is 1.97 bits per heavy atom. The van der Waals surface area contributed by atoms with Gasteiger partial charge >= 0.3 is 0 Å². The second kappa shape index (κ2) is 7.85. The van der Waals surface area contributed by atoms with Gasteiger partial charge in [0.2, 0.25) is 5.91 Å². The molecule has 1 aromatic carbocycles. The summed E-state index contributed by atoms with van der Waals surface area (Å²) in [5.74, 6) is 1.43. The van der Waals surface area contributed by atoms with Gasteiger partial charge in [-0.1, -0.05) is 18.2 Å². The third-order valence-electron chi connectivity index (χ3n) is 6.23. The number of imidazole rings is 1. The summed E-state index contributed by atoms with van der Waals surface area (Å²) in [6.45, 7) is 0. The number of para-hydroxylation sites is 1. The number of hydrogen-bond acceptors (Lipinski definition) is 6. The van der Waals surface area contributed by atoms with Crippen LogP contribution in [0.3, 0.4) is 0 Å². The van der Waals surface area contributed by atoms with Crippen molar-refractivity contribution in [2.75, 3.05) is 5.32 Å². The maximum atomic E-state index is 12.0. The summed E-state index contributed by atoms with van der Waals surface area (Å²) >= 11 is 1.70. The standard InChI is InChI=1S/C26H19N7OS/c34-26(14-6-7-14)30-22-9-8-15(12-28-22)19-11-17-20(13-27-19)32-33-24(17)25-29-18-4-1-3-16(23(18)31-25)21-5-2-10-35-21/h1-5,8-14H,6-7H2,(H,29,31)(H,32,33)(H,28,30,34). The fourth-order valence-electron chi connectivity index (χ4n) is 4.22. The zero-order valence-corrected chi connectivity index (χ0v) is 19.3. The second-order valence-corrected chi connectivity index (χ2v) is 9.60. The van der Waals surface area contributed by atoms with Crippen LogP contribution in [-0.2, 0) is 4.79 Å². The van der Waals surface area contributed by atoms with Gasteiger partial charge in [-0.2, -0.15) is 5.10 Å².